The van der Waals surface area contributed by atoms with Gasteiger partial charge in [-0.25, -0.2) is 9.97 Å². The Morgan fingerprint density at radius 1 is 1.12 bits per heavy atom. The number of imidazole rings is 1. The Bertz CT molecular complexity index is 869. The summed E-state index contributed by atoms with van der Waals surface area (Å²) in [5.74, 6) is 0.813. The molecule has 5 nitrogen and oxygen atoms in total. The Hall–Kier alpha value is -2.95. The van der Waals surface area contributed by atoms with Gasteiger partial charge in [-0.3, -0.25) is 9.36 Å². The van der Waals surface area contributed by atoms with Crippen LogP contribution in [0.2, 0.25) is 0 Å². The predicted octanol–water partition coefficient (Wildman–Crippen LogP) is 3.94. The van der Waals surface area contributed by atoms with E-state index in [1.54, 1.807) is 18.7 Å². The second kappa shape index (κ2) is 7.12. The monoisotopic (exact) mass is 346 g/mol. The lowest BCUT2D eigenvalue weighted by Crippen LogP contribution is -2.38. The highest BCUT2D eigenvalue weighted by atomic mass is 16.2. The Labute approximate surface area is 153 Å². The maximum atomic E-state index is 13.1. The summed E-state index contributed by atoms with van der Waals surface area (Å²) >= 11 is 0. The molecule has 1 saturated heterocycles. The molecule has 26 heavy (non-hydrogen) atoms. The van der Waals surface area contributed by atoms with Crippen LogP contribution in [0.5, 0.6) is 0 Å². The van der Waals surface area contributed by atoms with E-state index >= 15 is 0 Å². The number of hydrogen-bond donors (Lipinski definition) is 0. The SMILES string of the molecule is Cc1ccc([C@@H]2CCCCN2C(=O)c2ccc(-n3ccnc3)nc2)cc1. The number of aryl methyl sites for hydroxylation is 1. The van der Waals surface area contributed by atoms with Crippen molar-refractivity contribution < 1.29 is 4.79 Å². The van der Waals surface area contributed by atoms with Crippen LogP contribution < -0.4 is 0 Å². The van der Waals surface area contributed by atoms with Gasteiger partial charge in [-0.1, -0.05) is 29.8 Å². The van der Waals surface area contributed by atoms with Gasteiger partial charge in [0, 0.05) is 25.1 Å². The molecule has 0 bridgehead atoms. The summed E-state index contributed by atoms with van der Waals surface area (Å²) < 4.78 is 1.82. The van der Waals surface area contributed by atoms with E-state index in [1.165, 1.54) is 11.1 Å². The maximum Gasteiger partial charge on any atom is 0.255 e. The van der Waals surface area contributed by atoms with Gasteiger partial charge in [-0.15, -0.1) is 0 Å². The fourth-order valence-electron chi connectivity index (χ4n) is 3.54. The fraction of sp³-hybridized carbons (Fsp3) is 0.286. The molecule has 1 aromatic carbocycles. The van der Waals surface area contributed by atoms with Crippen molar-refractivity contribution in [1.29, 1.82) is 0 Å². The topological polar surface area (TPSA) is 51.0 Å². The van der Waals surface area contributed by atoms with Gasteiger partial charge in [-0.2, -0.15) is 0 Å². The number of piperidine rings is 1. The van der Waals surface area contributed by atoms with Crippen molar-refractivity contribution in [3.05, 3.63) is 78.0 Å². The fourth-order valence-corrected chi connectivity index (χ4v) is 3.54. The van der Waals surface area contributed by atoms with E-state index in [4.69, 9.17) is 0 Å². The molecule has 0 spiro atoms. The summed E-state index contributed by atoms with van der Waals surface area (Å²) in [5, 5.41) is 0. The van der Waals surface area contributed by atoms with Crippen molar-refractivity contribution in [2.24, 2.45) is 0 Å². The van der Waals surface area contributed by atoms with Crippen LogP contribution in [-0.2, 0) is 0 Å². The van der Waals surface area contributed by atoms with Crippen molar-refractivity contribution in [3.63, 3.8) is 0 Å². The van der Waals surface area contributed by atoms with E-state index in [1.807, 2.05) is 27.8 Å². The Morgan fingerprint density at radius 3 is 2.65 bits per heavy atom. The Morgan fingerprint density at radius 2 is 1.96 bits per heavy atom. The largest absolute Gasteiger partial charge is 0.332 e. The molecule has 0 radical (unpaired) electrons. The highest BCUT2D eigenvalue weighted by molar-refractivity contribution is 5.94. The van der Waals surface area contributed by atoms with Crippen LogP contribution in [0.15, 0.2) is 61.3 Å². The molecule has 1 fully saturated rings. The van der Waals surface area contributed by atoms with Crippen molar-refractivity contribution in [3.8, 4) is 5.82 Å². The number of aromatic nitrogens is 3. The molecular formula is C21H22N4O. The van der Waals surface area contributed by atoms with Crippen LogP contribution in [0.3, 0.4) is 0 Å². The normalized spacial score (nSPS) is 17.3. The smallest absolute Gasteiger partial charge is 0.255 e. The average molecular weight is 346 g/mol. The number of rotatable bonds is 3. The zero-order chi connectivity index (χ0) is 17.9. The van der Waals surface area contributed by atoms with Gasteiger partial charge in [0.05, 0.1) is 11.6 Å². The molecule has 0 saturated carbocycles. The molecule has 1 atom stereocenters. The van der Waals surface area contributed by atoms with Crippen LogP contribution >= 0.6 is 0 Å². The van der Waals surface area contributed by atoms with E-state index in [0.717, 1.165) is 31.6 Å². The highest BCUT2D eigenvalue weighted by Crippen LogP contribution is 2.32. The number of likely N-dealkylation sites (tertiary alicyclic amines) is 1. The van der Waals surface area contributed by atoms with Crippen LogP contribution in [0.4, 0.5) is 0 Å². The summed E-state index contributed by atoms with van der Waals surface area (Å²) in [6, 6.07) is 12.4. The number of amides is 1. The van der Waals surface area contributed by atoms with E-state index in [0.29, 0.717) is 5.56 Å². The summed E-state index contributed by atoms with van der Waals surface area (Å²) in [7, 11) is 0. The second-order valence-electron chi connectivity index (χ2n) is 6.80. The van der Waals surface area contributed by atoms with Gasteiger partial charge in [0.25, 0.3) is 5.91 Å². The molecule has 0 N–H and O–H groups in total. The standard InChI is InChI=1S/C21H22N4O/c1-16-5-7-17(8-6-16)19-4-2-3-12-25(19)21(26)18-9-10-20(23-14-18)24-13-11-22-15-24/h5-11,13-15,19H,2-4,12H2,1H3/t19-/m0/s1. The number of nitrogens with zero attached hydrogens (tertiary/aromatic N) is 4. The highest BCUT2D eigenvalue weighted by Gasteiger charge is 2.28. The minimum atomic E-state index is 0.0555. The lowest BCUT2D eigenvalue weighted by molar-refractivity contribution is 0.0611. The molecule has 5 heteroatoms. The maximum absolute atomic E-state index is 13.1. The lowest BCUT2D eigenvalue weighted by Gasteiger charge is -2.36. The van der Waals surface area contributed by atoms with Crippen molar-refractivity contribution in [2.75, 3.05) is 6.54 Å². The van der Waals surface area contributed by atoms with Gasteiger partial charge < -0.3 is 4.90 Å². The van der Waals surface area contributed by atoms with Gasteiger partial charge in [0.15, 0.2) is 0 Å². The first-order chi connectivity index (χ1) is 12.7. The van der Waals surface area contributed by atoms with Crippen LogP contribution in [0.1, 0.15) is 46.8 Å². The molecule has 1 aliphatic rings. The molecule has 0 aliphatic carbocycles. The summed E-state index contributed by atoms with van der Waals surface area (Å²) in [6.07, 6.45) is 10.1. The molecule has 132 valence electrons. The first-order valence-electron chi connectivity index (χ1n) is 9.04. The quantitative estimate of drug-likeness (QED) is 0.722. The van der Waals surface area contributed by atoms with Gasteiger partial charge in [0.2, 0.25) is 0 Å². The number of carbonyl (C=O) groups is 1. The molecule has 1 aliphatic heterocycles. The third-order valence-electron chi connectivity index (χ3n) is 4.99. The minimum absolute atomic E-state index is 0.0555. The van der Waals surface area contributed by atoms with Gasteiger partial charge in [0.1, 0.15) is 12.1 Å². The van der Waals surface area contributed by atoms with E-state index in [2.05, 4.69) is 41.2 Å². The van der Waals surface area contributed by atoms with Crippen LogP contribution in [0.25, 0.3) is 5.82 Å². The lowest BCUT2D eigenvalue weighted by atomic mass is 9.94. The first kappa shape index (κ1) is 16.5. The van der Waals surface area contributed by atoms with Crippen molar-refractivity contribution >= 4 is 5.91 Å². The van der Waals surface area contributed by atoms with Crippen LogP contribution in [-0.4, -0.2) is 31.9 Å². The van der Waals surface area contributed by atoms with Gasteiger partial charge in [-0.05, 0) is 43.9 Å². The second-order valence-corrected chi connectivity index (χ2v) is 6.80. The van der Waals surface area contributed by atoms with Crippen molar-refractivity contribution in [2.45, 2.75) is 32.2 Å². The third kappa shape index (κ3) is 3.25. The molecular weight excluding hydrogens is 324 g/mol. The Kier molecular flexibility index (Phi) is 4.52. The molecule has 2 aromatic heterocycles. The van der Waals surface area contributed by atoms with E-state index < -0.39 is 0 Å². The number of hydrogen-bond acceptors (Lipinski definition) is 3. The number of carbonyl (C=O) groups excluding carboxylic acids is 1. The molecule has 0 unspecified atom stereocenters. The summed E-state index contributed by atoms with van der Waals surface area (Å²) in [4.78, 5) is 23.6. The van der Waals surface area contributed by atoms with Gasteiger partial charge >= 0.3 is 0 Å². The predicted molar refractivity (Wildman–Crippen MR) is 100 cm³/mol. The molecule has 1 amide bonds. The summed E-state index contributed by atoms with van der Waals surface area (Å²) in [6.45, 7) is 2.88. The Balaban J connectivity index is 1.58. The molecule has 3 heterocycles. The first-order valence-corrected chi connectivity index (χ1v) is 9.04. The zero-order valence-corrected chi connectivity index (χ0v) is 14.9. The number of pyridine rings is 1. The third-order valence-corrected chi connectivity index (χ3v) is 4.99. The average Bonchev–Trinajstić information content (AvgIpc) is 3.23. The number of benzene rings is 1. The minimum Gasteiger partial charge on any atom is -0.332 e. The zero-order valence-electron chi connectivity index (χ0n) is 14.9. The van der Waals surface area contributed by atoms with Crippen LogP contribution in [0, 0.1) is 6.92 Å². The van der Waals surface area contributed by atoms with E-state index in [9.17, 15) is 4.79 Å². The van der Waals surface area contributed by atoms with Crippen molar-refractivity contribution in [1.82, 2.24) is 19.4 Å². The molecule has 3 aromatic rings. The van der Waals surface area contributed by atoms with E-state index in [-0.39, 0.29) is 11.9 Å². The summed E-state index contributed by atoms with van der Waals surface area (Å²) in [5.41, 5.74) is 3.08. The molecule has 4 rings (SSSR count).